The highest BCUT2D eigenvalue weighted by Gasteiger charge is 2.13. The molecule has 0 spiro atoms. The predicted octanol–water partition coefficient (Wildman–Crippen LogP) is 6.45. The van der Waals surface area contributed by atoms with Crippen LogP contribution >= 0.6 is 22.9 Å². The molecule has 0 radical (unpaired) electrons. The first-order chi connectivity index (χ1) is 16.0. The Bertz CT molecular complexity index is 1290. The van der Waals surface area contributed by atoms with E-state index >= 15 is 0 Å². The molecular formula is C25H20ClN3O3S. The number of carbonyl (C=O) groups excluding carboxylic acids is 1. The lowest BCUT2D eigenvalue weighted by molar-refractivity contribution is 0.0729. The Morgan fingerprint density at radius 1 is 1.06 bits per heavy atom. The van der Waals surface area contributed by atoms with Crippen molar-refractivity contribution in [3.8, 4) is 22.8 Å². The Labute approximate surface area is 200 Å². The molecule has 166 valence electrons. The van der Waals surface area contributed by atoms with Crippen molar-refractivity contribution < 1.29 is 14.3 Å². The van der Waals surface area contributed by atoms with Crippen molar-refractivity contribution in [2.24, 2.45) is 5.10 Å². The summed E-state index contributed by atoms with van der Waals surface area (Å²) in [7, 11) is 1.51. The number of aromatic nitrogens is 1. The molecule has 3 aromatic carbocycles. The third kappa shape index (κ3) is 5.77. The van der Waals surface area contributed by atoms with Crippen LogP contribution in [0.5, 0.6) is 11.5 Å². The van der Waals surface area contributed by atoms with Gasteiger partial charge in [0.25, 0.3) is 0 Å². The minimum Gasteiger partial charge on any atom is -0.493 e. The second-order valence-corrected chi connectivity index (χ2v) is 8.38. The number of benzene rings is 3. The van der Waals surface area contributed by atoms with Crippen molar-refractivity contribution in [2.75, 3.05) is 12.5 Å². The Kier molecular flexibility index (Phi) is 7.02. The highest BCUT2D eigenvalue weighted by atomic mass is 35.5. The van der Waals surface area contributed by atoms with Crippen molar-refractivity contribution >= 4 is 40.3 Å². The number of anilines is 1. The second kappa shape index (κ2) is 10.3. The number of hydrogen-bond acceptors (Lipinski definition) is 7. The monoisotopic (exact) mass is 477 g/mol. The van der Waals surface area contributed by atoms with Crippen LogP contribution < -0.4 is 14.9 Å². The minimum atomic E-state index is -0.499. The van der Waals surface area contributed by atoms with Crippen LogP contribution in [0.1, 0.15) is 21.5 Å². The molecule has 4 aromatic rings. The maximum atomic E-state index is 12.4. The third-order valence-corrected chi connectivity index (χ3v) is 5.69. The Morgan fingerprint density at radius 2 is 1.82 bits per heavy atom. The van der Waals surface area contributed by atoms with Crippen molar-refractivity contribution in [2.45, 2.75) is 6.92 Å². The standard InChI is InChI=1S/C25H20ClN3O3S/c1-16-3-6-18(7-4-16)21-15-33-25(28-21)29-27-14-17-5-12-22(23(13-17)31-2)32-24(30)19-8-10-20(26)11-9-19/h3-15H,1-2H3,(H,28,29)/b27-14-. The molecule has 4 rings (SSSR count). The van der Waals surface area contributed by atoms with Crippen LogP contribution in [0.15, 0.2) is 77.2 Å². The van der Waals surface area contributed by atoms with Crippen LogP contribution in [0, 0.1) is 6.92 Å². The van der Waals surface area contributed by atoms with E-state index in [4.69, 9.17) is 21.1 Å². The van der Waals surface area contributed by atoms with E-state index in [1.807, 2.05) is 17.5 Å². The molecule has 0 aliphatic carbocycles. The molecule has 33 heavy (non-hydrogen) atoms. The Morgan fingerprint density at radius 3 is 2.55 bits per heavy atom. The van der Waals surface area contributed by atoms with E-state index in [0.717, 1.165) is 16.8 Å². The molecule has 0 aliphatic rings. The van der Waals surface area contributed by atoms with Gasteiger partial charge in [-0.2, -0.15) is 5.10 Å². The average Bonchev–Trinajstić information content (AvgIpc) is 3.29. The number of carbonyl (C=O) groups is 1. The van der Waals surface area contributed by atoms with Crippen LogP contribution in [-0.2, 0) is 0 Å². The summed E-state index contributed by atoms with van der Waals surface area (Å²) >= 11 is 7.34. The van der Waals surface area contributed by atoms with Gasteiger partial charge in [0.1, 0.15) is 0 Å². The molecule has 0 amide bonds. The number of esters is 1. The second-order valence-electron chi connectivity index (χ2n) is 7.08. The molecule has 0 aliphatic heterocycles. The summed E-state index contributed by atoms with van der Waals surface area (Å²) in [6, 6.07) is 19.9. The van der Waals surface area contributed by atoms with Crippen molar-refractivity contribution in [1.29, 1.82) is 0 Å². The smallest absolute Gasteiger partial charge is 0.343 e. The maximum Gasteiger partial charge on any atom is 0.343 e. The number of halogens is 1. The van der Waals surface area contributed by atoms with Crippen LogP contribution in [-0.4, -0.2) is 24.3 Å². The number of thiazole rings is 1. The number of methoxy groups -OCH3 is 1. The Balaban J connectivity index is 1.41. The fourth-order valence-electron chi connectivity index (χ4n) is 2.94. The molecule has 6 nitrogen and oxygen atoms in total. The van der Waals surface area contributed by atoms with E-state index in [-0.39, 0.29) is 0 Å². The number of nitrogens with one attached hydrogen (secondary N) is 1. The van der Waals surface area contributed by atoms with Crippen LogP contribution in [0.3, 0.4) is 0 Å². The van der Waals surface area contributed by atoms with Crippen LogP contribution in [0.25, 0.3) is 11.3 Å². The molecule has 1 N–H and O–H groups in total. The van der Waals surface area contributed by atoms with Gasteiger partial charge in [0.05, 0.1) is 24.6 Å². The van der Waals surface area contributed by atoms with Crippen LogP contribution in [0.2, 0.25) is 5.02 Å². The first kappa shape index (κ1) is 22.5. The fourth-order valence-corrected chi connectivity index (χ4v) is 3.73. The van der Waals surface area contributed by atoms with Gasteiger partial charge in [-0.05, 0) is 55.0 Å². The molecular weight excluding hydrogens is 458 g/mol. The maximum absolute atomic E-state index is 12.4. The van der Waals surface area contributed by atoms with Crippen LogP contribution in [0.4, 0.5) is 5.13 Å². The number of aryl methyl sites for hydroxylation is 1. The highest BCUT2D eigenvalue weighted by Crippen LogP contribution is 2.29. The summed E-state index contributed by atoms with van der Waals surface area (Å²) in [6.07, 6.45) is 1.64. The van der Waals surface area contributed by atoms with Gasteiger partial charge >= 0.3 is 5.97 Å². The molecule has 0 saturated carbocycles. The highest BCUT2D eigenvalue weighted by molar-refractivity contribution is 7.14. The number of hydrogen-bond donors (Lipinski definition) is 1. The summed E-state index contributed by atoms with van der Waals surface area (Å²) in [4.78, 5) is 16.9. The molecule has 8 heteroatoms. The van der Waals surface area contributed by atoms with E-state index < -0.39 is 5.97 Å². The number of ether oxygens (including phenoxy) is 2. The summed E-state index contributed by atoms with van der Waals surface area (Å²) in [5.41, 5.74) is 7.26. The third-order valence-electron chi connectivity index (χ3n) is 4.70. The van der Waals surface area contributed by atoms with Gasteiger partial charge in [-0.25, -0.2) is 9.78 Å². The summed E-state index contributed by atoms with van der Waals surface area (Å²) in [5, 5.41) is 7.46. The van der Waals surface area contributed by atoms with Gasteiger partial charge in [-0.15, -0.1) is 11.3 Å². The molecule has 0 fully saturated rings. The van der Waals surface area contributed by atoms with Gasteiger partial charge in [0.2, 0.25) is 5.13 Å². The first-order valence-electron chi connectivity index (χ1n) is 9.99. The fraction of sp³-hybridized carbons (Fsp3) is 0.0800. The van der Waals surface area contributed by atoms with E-state index in [2.05, 4.69) is 34.6 Å². The van der Waals surface area contributed by atoms with Gasteiger partial charge < -0.3 is 9.47 Å². The zero-order valence-corrected chi connectivity index (χ0v) is 19.5. The van der Waals surface area contributed by atoms with Crippen molar-refractivity contribution in [3.05, 3.63) is 93.8 Å². The first-order valence-corrected chi connectivity index (χ1v) is 11.2. The molecule has 0 atom stereocenters. The predicted molar refractivity (Wildman–Crippen MR) is 133 cm³/mol. The Hall–Kier alpha value is -3.68. The molecule has 0 unspecified atom stereocenters. The van der Waals surface area contributed by atoms with Crippen molar-refractivity contribution in [1.82, 2.24) is 4.98 Å². The number of hydrazone groups is 1. The zero-order chi connectivity index (χ0) is 23.2. The quantitative estimate of drug-likeness (QED) is 0.143. The van der Waals surface area contributed by atoms with Gasteiger partial charge in [0.15, 0.2) is 11.5 Å². The summed E-state index contributed by atoms with van der Waals surface area (Å²) < 4.78 is 10.8. The largest absolute Gasteiger partial charge is 0.493 e. The summed E-state index contributed by atoms with van der Waals surface area (Å²) in [5.74, 6) is 0.226. The topological polar surface area (TPSA) is 72.8 Å². The number of rotatable bonds is 7. The molecule has 1 heterocycles. The lowest BCUT2D eigenvalue weighted by Gasteiger charge is -2.10. The van der Waals surface area contributed by atoms with Gasteiger partial charge in [0, 0.05) is 16.0 Å². The lowest BCUT2D eigenvalue weighted by atomic mass is 10.1. The average molecular weight is 478 g/mol. The normalized spacial score (nSPS) is 10.9. The van der Waals surface area contributed by atoms with E-state index in [1.54, 1.807) is 48.7 Å². The molecule has 1 aromatic heterocycles. The minimum absolute atomic E-state index is 0.310. The SMILES string of the molecule is COc1cc(/C=N\Nc2nc(-c3ccc(C)cc3)cs2)ccc1OC(=O)c1ccc(Cl)cc1. The summed E-state index contributed by atoms with van der Waals surface area (Å²) in [6.45, 7) is 2.05. The molecule has 0 bridgehead atoms. The van der Waals surface area contributed by atoms with Gasteiger partial charge in [-0.3, -0.25) is 5.43 Å². The van der Waals surface area contributed by atoms with Crippen molar-refractivity contribution in [3.63, 3.8) is 0 Å². The van der Waals surface area contributed by atoms with E-state index in [0.29, 0.717) is 27.2 Å². The van der Waals surface area contributed by atoms with E-state index in [1.165, 1.54) is 24.0 Å². The lowest BCUT2D eigenvalue weighted by Crippen LogP contribution is -2.09. The van der Waals surface area contributed by atoms with Gasteiger partial charge in [-0.1, -0.05) is 41.4 Å². The number of nitrogens with zero attached hydrogens (tertiary/aromatic N) is 2. The molecule has 0 saturated heterocycles. The van der Waals surface area contributed by atoms with E-state index in [9.17, 15) is 4.79 Å². The zero-order valence-electron chi connectivity index (χ0n) is 17.9.